The van der Waals surface area contributed by atoms with Crippen molar-refractivity contribution in [2.24, 2.45) is 0 Å². The SMILES string of the molecule is COc1cc(F)c2ncc(Cl)c(C3CC(NCc4cc5c(cn4)OCCO5)CCN3CCO)c2c1. The first kappa shape index (κ1) is 24.0. The minimum Gasteiger partial charge on any atom is -0.497 e. The van der Waals surface area contributed by atoms with Crippen LogP contribution in [-0.4, -0.2) is 66.0 Å². The van der Waals surface area contributed by atoms with Crippen LogP contribution in [0.3, 0.4) is 0 Å². The molecule has 0 aliphatic carbocycles. The van der Waals surface area contributed by atoms with Crippen molar-refractivity contribution in [3.63, 3.8) is 0 Å². The number of fused-ring (bicyclic) bond motifs is 2. The second-order valence-corrected chi connectivity index (χ2v) is 9.13. The van der Waals surface area contributed by atoms with Gasteiger partial charge in [-0.1, -0.05) is 11.6 Å². The summed E-state index contributed by atoms with van der Waals surface area (Å²) in [6.07, 6.45) is 4.81. The molecule has 10 heteroatoms. The lowest BCUT2D eigenvalue weighted by atomic mass is 9.89. The Morgan fingerprint density at radius 2 is 2.03 bits per heavy atom. The van der Waals surface area contributed by atoms with Gasteiger partial charge in [-0.15, -0.1) is 0 Å². The monoisotopic (exact) mass is 502 g/mol. The van der Waals surface area contributed by atoms with E-state index < -0.39 is 5.82 Å². The number of hydrogen-bond acceptors (Lipinski definition) is 8. The van der Waals surface area contributed by atoms with Gasteiger partial charge < -0.3 is 24.6 Å². The van der Waals surface area contributed by atoms with E-state index in [0.29, 0.717) is 54.0 Å². The molecule has 2 unspecified atom stereocenters. The summed E-state index contributed by atoms with van der Waals surface area (Å²) in [4.78, 5) is 10.9. The number of aliphatic hydroxyl groups excluding tert-OH is 1. The van der Waals surface area contributed by atoms with Crippen molar-refractivity contribution in [3.8, 4) is 17.2 Å². The topological polar surface area (TPSA) is 89.0 Å². The maximum atomic E-state index is 14.8. The average molecular weight is 503 g/mol. The molecule has 1 fully saturated rings. The molecule has 4 heterocycles. The third-order valence-electron chi connectivity index (χ3n) is 6.62. The van der Waals surface area contributed by atoms with Crippen molar-refractivity contribution >= 4 is 22.5 Å². The molecule has 1 aromatic carbocycles. The highest BCUT2D eigenvalue weighted by Gasteiger charge is 2.32. The van der Waals surface area contributed by atoms with E-state index in [1.165, 1.54) is 19.4 Å². The van der Waals surface area contributed by atoms with Gasteiger partial charge in [0.15, 0.2) is 17.3 Å². The van der Waals surface area contributed by atoms with Gasteiger partial charge in [0.25, 0.3) is 0 Å². The number of pyridine rings is 2. The fraction of sp³-hybridized carbons (Fsp3) is 0.440. The van der Waals surface area contributed by atoms with Gasteiger partial charge in [0.05, 0.1) is 30.6 Å². The summed E-state index contributed by atoms with van der Waals surface area (Å²) in [5, 5.41) is 14.4. The van der Waals surface area contributed by atoms with Crippen LogP contribution in [0.1, 0.15) is 30.1 Å². The number of rotatable bonds is 7. The fourth-order valence-electron chi connectivity index (χ4n) is 4.92. The van der Waals surface area contributed by atoms with Crippen molar-refractivity contribution in [2.75, 3.05) is 40.0 Å². The summed E-state index contributed by atoms with van der Waals surface area (Å²) in [5.74, 6) is 1.33. The Balaban J connectivity index is 1.41. The summed E-state index contributed by atoms with van der Waals surface area (Å²) >= 11 is 6.67. The van der Waals surface area contributed by atoms with Gasteiger partial charge in [-0.25, -0.2) is 4.39 Å². The number of likely N-dealkylation sites (tertiary alicyclic amines) is 1. The second-order valence-electron chi connectivity index (χ2n) is 8.72. The number of aliphatic hydroxyl groups is 1. The van der Waals surface area contributed by atoms with E-state index in [9.17, 15) is 9.50 Å². The first-order valence-corrected chi connectivity index (χ1v) is 12.1. The molecule has 1 saturated heterocycles. The van der Waals surface area contributed by atoms with Crippen molar-refractivity contribution in [1.29, 1.82) is 0 Å². The highest BCUT2D eigenvalue weighted by atomic mass is 35.5. The Labute approximate surface area is 208 Å². The molecule has 2 aliphatic heterocycles. The maximum Gasteiger partial charge on any atom is 0.179 e. The number of benzene rings is 1. The van der Waals surface area contributed by atoms with Crippen molar-refractivity contribution in [1.82, 2.24) is 20.2 Å². The zero-order valence-electron chi connectivity index (χ0n) is 19.5. The third-order valence-corrected chi connectivity index (χ3v) is 6.92. The minimum absolute atomic E-state index is 0.0219. The molecule has 3 aromatic rings. The van der Waals surface area contributed by atoms with E-state index in [-0.39, 0.29) is 24.2 Å². The fourth-order valence-corrected chi connectivity index (χ4v) is 5.19. The van der Waals surface area contributed by atoms with Crippen LogP contribution in [-0.2, 0) is 6.54 Å². The quantitative estimate of drug-likeness (QED) is 0.507. The van der Waals surface area contributed by atoms with Gasteiger partial charge in [0.1, 0.15) is 24.5 Å². The van der Waals surface area contributed by atoms with Gasteiger partial charge in [-0.05, 0) is 24.5 Å². The van der Waals surface area contributed by atoms with Crippen molar-refractivity contribution < 1.29 is 23.7 Å². The first-order valence-electron chi connectivity index (χ1n) is 11.7. The van der Waals surface area contributed by atoms with Crippen molar-refractivity contribution in [2.45, 2.75) is 31.5 Å². The van der Waals surface area contributed by atoms with Crippen LogP contribution in [0.15, 0.2) is 30.6 Å². The molecule has 0 spiro atoms. The van der Waals surface area contributed by atoms with E-state index in [2.05, 4.69) is 20.2 Å². The smallest absolute Gasteiger partial charge is 0.179 e. The normalized spacial score (nSPS) is 20.2. The molecule has 2 atom stereocenters. The zero-order chi connectivity index (χ0) is 24.4. The van der Waals surface area contributed by atoms with Crippen LogP contribution in [0.5, 0.6) is 17.2 Å². The van der Waals surface area contributed by atoms with Crippen LogP contribution in [0.2, 0.25) is 5.02 Å². The van der Waals surface area contributed by atoms with Crippen LogP contribution in [0.4, 0.5) is 4.39 Å². The van der Waals surface area contributed by atoms with Gasteiger partial charge in [0, 0.05) is 55.4 Å². The van der Waals surface area contributed by atoms with Gasteiger partial charge >= 0.3 is 0 Å². The van der Waals surface area contributed by atoms with Crippen molar-refractivity contribution in [3.05, 3.63) is 52.7 Å². The Morgan fingerprint density at radius 1 is 1.20 bits per heavy atom. The predicted molar refractivity (Wildman–Crippen MR) is 130 cm³/mol. The molecule has 186 valence electrons. The van der Waals surface area contributed by atoms with Gasteiger partial charge in [-0.3, -0.25) is 14.9 Å². The Hall–Kier alpha value is -2.72. The third kappa shape index (κ3) is 4.99. The number of nitrogens with one attached hydrogen (secondary N) is 1. The molecule has 8 nitrogen and oxygen atoms in total. The Morgan fingerprint density at radius 3 is 2.83 bits per heavy atom. The van der Waals surface area contributed by atoms with Crippen LogP contribution in [0.25, 0.3) is 10.9 Å². The molecule has 0 radical (unpaired) electrons. The zero-order valence-corrected chi connectivity index (χ0v) is 20.2. The van der Waals surface area contributed by atoms with E-state index in [1.54, 1.807) is 12.3 Å². The summed E-state index contributed by atoms with van der Waals surface area (Å²) in [7, 11) is 1.50. The average Bonchev–Trinajstić information content (AvgIpc) is 2.88. The number of piperidine rings is 1. The summed E-state index contributed by atoms with van der Waals surface area (Å²) in [6.45, 7) is 2.90. The highest BCUT2D eigenvalue weighted by Crippen LogP contribution is 2.40. The largest absolute Gasteiger partial charge is 0.497 e. The number of halogens is 2. The van der Waals surface area contributed by atoms with Crippen LogP contribution < -0.4 is 19.5 Å². The highest BCUT2D eigenvalue weighted by molar-refractivity contribution is 6.32. The molecule has 0 amide bonds. The van der Waals surface area contributed by atoms with E-state index in [0.717, 1.165) is 30.6 Å². The van der Waals surface area contributed by atoms with Crippen LogP contribution >= 0.6 is 11.6 Å². The van der Waals surface area contributed by atoms with Crippen LogP contribution in [0, 0.1) is 5.82 Å². The van der Waals surface area contributed by atoms with E-state index in [4.69, 9.17) is 25.8 Å². The molecular formula is C25H28ClFN4O4. The number of methoxy groups -OCH3 is 1. The molecule has 35 heavy (non-hydrogen) atoms. The molecule has 2 aromatic heterocycles. The number of hydrogen-bond donors (Lipinski definition) is 2. The molecular weight excluding hydrogens is 475 g/mol. The maximum absolute atomic E-state index is 14.8. The standard InChI is InChI=1S/C25H28ClFN4O4/c1-33-17-10-18-24(19(26)13-30-25(18)20(27)11-17)21-8-15(2-3-31(21)4-5-32)28-12-16-9-22-23(14-29-16)35-7-6-34-22/h9-11,13-15,21,28,32H,2-8,12H2,1H3. The van der Waals surface area contributed by atoms with E-state index >= 15 is 0 Å². The number of ether oxygens (including phenoxy) is 3. The molecule has 2 N–H and O–H groups in total. The number of nitrogens with zero attached hydrogens (tertiary/aromatic N) is 3. The predicted octanol–water partition coefficient (Wildman–Crippen LogP) is 3.49. The number of aromatic nitrogens is 2. The molecule has 2 aliphatic rings. The van der Waals surface area contributed by atoms with Gasteiger partial charge in [0.2, 0.25) is 0 Å². The minimum atomic E-state index is -0.457. The van der Waals surface area contributed by atoms with E-state index in [1.807, 2.05) is 6.07 Å². The van der Waals surface area contributed by atoms with Gasteiger partial charge in [-0.2, -0.15) is 0 Å². The lowest BCUT2D eigenvalue weighted by Crippen LogP contribution is -2.45. The Kier molecular flexibility index (Phi) is 7.19. The lowest BCUT2D eigenvalue weighted by Gasteiger charge is -2.40. The summed E-state index contributed by atoms with van der Waals surface area (Å²) < 4.78 is 31.3. The molecule has 0 saturated carbocycles. The molecule has 5 rings (SSSR count). The Bertz CT molecular complexity index is 1210. The number of β-amino-alcohol motifs (C(OH)–C–C–N with tert-alkyl or cyclic N) is 1. The molecule has 0 bridgehead atoms. The summed E-state index contributed by atoms with van der Waals surface area (Å²) in [6, 6.07) is 5.04. The summed E-state index contributed by atoms with van der Waals surface area (Å²) in [5.41, 5.74) is 1.92. The second kappa shape index (κ2) is 10.5. The first-order chi connectivity index (χ1) is 17.1. The lowest BCUT2D eigenvalue weighted by molar-refractivity contribution is 0.0999.